The quantitative estimate of drug-likeness (QED) is 0.745. The van der Waals surface area contributed by atoms with Gasteiger partial charge < -0.3 is 4.42 Å². The zero-order valence-corrected chi connectivity index (χ0v) is 13.6. The lowest BCUT2D eigenvalue weighted by Crippen LogP contribution is -2.14. The van der Waals surface area contributed by atoms with Gasteiger partial charge in [0.05, 0.1) is 17.0 Å². The third-order valence-corrected chi connectivity index (χ3v) is 3.67. The van der Waals surface area contributed by atoms with Crippen molar-refractivity contribution in [3.8, 4) is 11.5 Å². The largest absolute Gasteiger partial charge is 0.403 e. The van der Waals surface area contributed by atoms with Gasteiger partial charge in [0.25, 0.3) is 5.89 Å². The number of nitrogens with zero attached hydrogens (tertiary/aromatic N) is 2. The predicted octanol–water partition coefficient (Wildman–Crippen LogP) is 4.36. The first-order valence-corrected chi connectivity index (χ1v) is 7.60. The number of hydrogen-bond acceptors (Lipinski definition) is 4. The third kappa shape index (κ3) is 3.90. The lowest BCUT2D eigenvalue weighted by Gasteiger charge is -2.01. The molecular weight excluding hydrogens is 356 g/mol. The van der Waals surface area contributed by atoms with Crippen LogP contribution < -0.4 is 5.32 Å². The number of anilines is 1. The molecule has 0 spiro atoms. The van der Waals surface area contributed by atoms with Gasteiger partial charge in [-0.15, -0.1) is 5.10 Å². The highest BCUT2D eigenvalue weighted by atomic mass is 35.5. The molecule has 1 heterocycles. The van der Waals surface area contributed by atoms with Gasteiger partial charge in [-0.05, 0) is 35.9 Å². The van der Waals surface area contributed by atoms with Crippen LogP contribution in [0.2, 0.25) is 10.0 Å². The Hall–Kier alpha value is -2.44. The average Bonchev–Trinajstić information content (AvgIpc) is 3.00. The number of carbonyl (C=O) groups is 1. The summed E-state index contributed by atoms with van der Waals surface area (Å²) in [5.41, 5.74) is 1.13. The topological polar surface area (TPSA) is 68.0 Å². The SMILES string of the molecule is O=C(Cc1ccc(F)cc1)Nc1nnc(-c2cc(Cl)ccc2Cl)o1. The molecule has 5 nitrogen and oxygen atoms in total. The lowest BCUT2D eigenvalue weighted by atomic mass is 10.1. The normalized spacial score (nSPS) is 10.6. The van der Waals surface area contributed by atoms with Crippen molar-refractivity contribution in [1.82, 2.24) is 10.2 Å². The van der Waals surface area contributed by atoms with Crippen molar-refractivity contribution in [2.45, 2.75) is 6.42 Å². The van der Waals surface area contributed by atoms with E-state index in [9.17, 15) is 9.18 Å². The van der Waals surface area contributed by atoms with E-state index in [1.165, 1.54) is 24.3 Å². The average molecular weight is 366 g/mol. The minimum Gasteiger partial charge on any atom is -0.403 e. The van der Waals surface area contributed by atoms with Gasteiger partial charge >= 0.3 is 6.01 Å². The fourth-order valence-electron chi connectivity index (χ4n) is 2.00. The zero-order valence-electron chi connectivity index (χ0n) is 12.1. The van der Waals surface area contributed by atoms with Crippen molar-refractivity contribution >= 4 is 35.1 Å². The number of rotatable bonds is 4. The maximum absolute atomic E-state index is 12.8. The molecule has 0 aliphatic heterocycles. The second-order valence-electron chi connectivity index (χ2n) is 4.89. The Morgan fingerprint density at radius 1 is 1.12 bits per heavy atom. The van der Waals surface area contributed by atoms with E-state index in [1.807, 2.05) is 0 Å². The van der Waals surface area contributed by atoms with E-state index < -0.39 is 0 Å². The highest BCUT2D eigenvalue weighted by Crippen LogP contribution is 2.30. The van der Waals surface area contributed by atoms with Crippen LogP contribution in [-0.2, 0) is 11.2 Å². The summed E-state index contributed by atoms with van der Waals surface area (Å²) in [5, 5.41) is 10.9. The summed E-state index contributed by atoms with van der Waals surface area (Å²) in [4.78, 5) is 12.0. The maximum atomic E-state index is 12.8. The molecule has 0 aliphatic rings. The third-order valence-electron chi connectivity index (χ3n) is 3.11. The molecule has 1 N–H and O–H groups in total. The summed E-state index contributed by atoms with van der Waals surface area (Å²) in [6.45, 7) is 0. The van der Waals surface area contributed by atoms with Crippen LogP contribution in [0, 0.1) is 5.82 Å². The van der Waals surface area contributed by atoms with Gasteiger partial charge in [0.15, 0.2) is 0 Å². The number of carbonyl (C=O) groups excluding carboxylic acids is 1. The van der Waals surface area contributed by atoms with Gasteiger partial charge in [0.2, 0.25) is 5.91 Å². The van der Waals surface area contributed by atoms with E-state index >= 15 is 0 Å². The molecule has 0 unspecified atom stereocenters. The van der Waals surface area contributed by atoms with Crippen LogP contribution in [0.1, 0.15) is 5.56 Å². The van der Waals surface area contributed by atoms with E-state index in [-0.39, 0.29) is 30.1 Å². The van der Waals surface area contributed by atoms with Crippen molar-refractivity contribution in [3.05, 3.63) is 63.9 Å². The van der Waals surface area contributed by atoms with E-state index in [0.717, 1.165) is 0 Å². The summed E-state index contributed by atoms with van der Waals surface area (Å²) in [6, 6.07) is 10.4. The Kier molecular flexibility index (Phi) is 4.78. The van der Waals surface area contributed by atoms with Gasteiger partial charge in [-0.1, -0.05) is 40.4 Å². The monoisotopic (exact) mass is 365 g/mol. The molecule has 1 aromatic heterocycles. The molecule has 1 amide bonds. The molecule has 0 aliphatic carbocycles. The van der Waals surface area contributed by atoms with Gasteiger partial charge in [0.1, 0.15) is 5.82 Å². The second-order valence-corrected chi connectivity index (χ2v) is 5.73. The van der Waals surface area contributed by atoms with Crippen molar-refractivity contribution in [1.29, 1.82) is 0 Å². The Labute approximate surface area is 146 Å². The molecule has 24 heavy (non-hydrogen) atoms. The van der Waals surface area contributed by atoms with E-state index in [2.05, 4.69) is 15.5 Å². The molecule has 0 radical (unpaired) electrons. The molecular formula is C16H10Cl2FN3O2. The molecule has 0 saturated heterocycles. The smallest absolute Gasteiger partial charge is 0.322 e. The summed E-state index contributed by atoms with van der Waals surface area (Å²) in [7, 11) is 0. The minimum absolute atomic E-state index is 0.0515. The Balaban J connectivity index is 1.70. The second kappa shape index (κ2) is 6.98. The van der Waals surface area contributed by atoms with Crippen LogP contribution >= 0.6 is 23.2 Å². The first-order chi connectivity index (χ1) is 11.5. The first kappa shape index (κ1) is 16.4. The molecule has 2 aromatic carbocycles. The number of halogens is 3. The fourth-order valence-corrected chi connectivity index (χ4v) is 2.37. The van der Waals surface area contributed by atoms with Crippen molar-refractivity contribution in [3.63, 3.8) is 0 Å². The zero-order chi connectivity index (χ0) is 17.1. The number of nitrogens with one attached hydrogen (secondary N) is 1. The van der Waals surface area contributed by atoms with Crippen LogP contribution in [0.25, 0.3) is 11.5 Å². The predicted molar refractivity (Wildman–Crippen MR) is 88.5 cm³/mol. The van der Waals surface area contributed by atoms with Crippen LogP contribution in [0.5, 0.6) is 0 Å². The maximum Gasteiger partial charge on any atom is 0.322 e. The number of hydrogen-bond donors (Lipinski definition) is 1. The van der Waals surface area contributed by atoms with E-state index in [0.29, 0.717) is 21.2 Å². The van der Waals surface area contributed by atoms with Gasteiger partial charge in [-0.3, -0.25) is 10.1 Å². The molecule has 0 atom stereocenters. The number of amides is 1. The van der Waals surface area contributed by atoms with E-state index in [4.69, 9.17) is 27.6 Å². The van der Waals surface area contributed by atoms with Crippen LogP contribution in [-0.4, -0.2) is 16.1 Å². The highest BCUT2D eigenvalue weighted by molar-refractivity contribution is 6.35. The lowest BCUT2D eigenvalue weighted by molar-refractivity contribution is -0.115. The Morgan fingerprint density at radius 2 is 1.88 bits per heavy atom. The summed E-state index contributed by atoms with van der Waals surface area (Å²) in [5.74, 6) is -0.590. The Morgan fingerprint density at radius 3 is 2.62 bits per heavy atom. The molecule has 8 heteroatoms. The standard InChI is InChI=1S/C16H10Cl2FN3O2/c17-10-3-6-13(18)12(8-10)15-21-22-16(24-15)20-14(23)7-9-1-4-11(19)5-2-9/h1-6,8H,7H2,(H,20,22,23). The van der Waals surface area contributed by atoms with Crippen LogP contribution in [0.3, 0.4) is 0 Å². The first-order valence-electron chi connectivity index (χ1n) is 6.84. The highest BCUT2D eigenvalue weighted by Gasteiger charge is 2.14. The van der Waals surface area contributed by atoms with Crippen molar-refractivity contribution in [2.24, 2.45) is 0 Å². The molecule has 0 saturated carbocycles. The van der Waals surface area contributed by atoms with Gasteiger partial charge in [-0.2, -0.15) is 0 Å². The summed E-state index contributed by atoms with van der Waals surface area (Å²) >= 11 is 12.0. The minimum atomic E-state index is -0.367. The molecule has 3 rings (SSSR count). The van der Waals surface area contributed by atoms with Gasteiger partial charge in [0, 0.05) is 5.02 Å². The van der Waals surface area contributed by atoms with Crippen LogP contribution in [0.4, 0.5) is 10.4 Å². The number of aromatic nitrogens is 2. The number of benzene rings is 2. The molecule has 3 aromatic rings. The van der Waals surface area contributed by atoms with E-state index in [1.54, 1.807) is 18.2 Å². The summed E-state index contributed by atoms with van der Waals surface area (Å²) in [6.07, 6.45) is 0.0515. The molecule has 122 valence electrons. The van der Waals surface area contributed by atoms with Gasteiger partial charge in [-0.25, -0.2) is 4.39 Å². The molecule has 0 fully saturated rings. The van der Waals surface area contributed by atoms with Crippen molar-refractivity contribution in [2.75, 3.05) is 5.32 Å². The molecule has 0 bridgehead atoms. The fraction of sp³-hybridized carbons (Fsp3) is 0.0625. The van der Waals surface area contributed by atoms with Crippen LogP contribution in [0.15, 0.2) is 46.9 Å². The Bertz CT molecular complexity index is 881. The summed E-state index contributed by atoms with van der Waals surface area (Å²) < 4.78 is 18.2. The van der Waals surface area contributed by atoms with Crippen molar-refractivity contribution < 1.29 is 13.6 Å².